The smallest absolute Gasteiger partial charge is 0.264 e. The first-order valence-electron chi connectivity index (χ1n) is 7.03. The van der Waals surface area contributed by atoms with Crippen LogP contribution in [0.15, 0.2) is 47.8 Å². The second kappa shape index (κ2) is 7.59. The van der Waals surface area contributed by atoms with E-state index in [2.05, 4.69) is 30.3 Å². The molecule has 0 spiro atoms. The predicted octanol–water partition coefficient (Wildman–Crippen LogP) is -1.71. The van der Waals surface area contributed by atoms with Crippen molar-refractivity contribution in [1.82, 2.24) is 4.90 Å². The van der Waals surface area contributed by atoms with Gasteiger partial charge < -0.3 is 22.2 Å². The first kappa shape index (κ1) is 16.0. The van der Waals surface area contributed by atoms with Gasteiger partial charge in [-0.2, -0.15) is 0 Å². The molecule has 3 rings (SSSR count). The van der Waals surface area contributed by atoms with E-state index in [9.17, 15) is 4.79 Å². The van der Waals surface area contributed by atoms with Crippen LogP contribution in [-0.4, -0.2) is 37.0 Å². The average molecular weight is 323 g/mol. The number of nitrogens with zero attached hydrogens (tertiary/aromatic N) is 1. The number of hydrogen-bond donors (Lipinski definition) is 1. The summed E-state index contributed by atoms with van der Waals surface area (Å²) in [5.41, 5.74) is 1.38. The molecule has 112 valence electrons. The van der Waals surface area contributed by atoms with Gasteiger partial charge >= 0.3 is 0 Å². The minimum atomic E-state index is 0. The second-order valence-corrected chi connectivity index (χ2v) is 6.13. The minimum Gasteiger partial charge on any atom is -1.00 e. The van der Waals surface area contributed by atoms with Crippen molar-refractivity contribution in [3.05, 3.63) is 58.3 Å². The molecule has 0 unspecified atom stereocenters. The molecule has 2 aromatic rings. The summed E-state index contributed by atoms with van der Waals surface area (Å²) in [5, 5.41) is 1.96. The third-order valence-corrected chi connectivity index (χ3v) is 4.64. The van der Waals surface area contributed by atoms with Crippen LogP contribution >= 0.6 is 11.3 Å². The van der Waals surface area contributed by atoms with Gasteiger partial charge in [-0.3, -0.25) is 4.79 Å². The van der Waals surface area contributed by atoms with Crippen molar-refractivity contribution >= 4 is 17.2 Å². The zero-order chi connectivity index (χ0) is 13.8. The van der Waals surface area contributed by atoms with Gasteiger partial charge in [0.1, 0.15) is 6.54 Å². The maximum atomic E-state index is 12.3. The molecule has 1 aromatic heterocycles. The Labute approximate surface area is 135 Å². The lowest BCUT2D eigenvalue weighted by Gasteiger charge is -2.32. The molecular formula is C16H19ClN2OS. The van der Waals surface area contributed by atoms with Gasteiger partial charge in [0.25, 0.3) is 5.91 Å². The fraction of sp³-hybridized carbons (Fsp3) is 0.312. The van der Waals surface area contributed by atoms with E-state index in [4.69, 9.17) is 0 Å². The molecule has 1 aliphatic heterocycles. The predicted molar refractivity (Wildman–Crippen MR) is 81.1 cm³/mol. The zero-order valence-electron chi connectivity index (χ0n) is 11.8. The highest BCUT2D eigenvalue weighted by Crippen LogP contribution is 2.11. The van der Waals surface area contributed by atoms with Crippen molar-refractivity contribution in [3.8, 4) is 0 Å². The normalized spacial score (nSPS) is 15.5. The van der Waals surface area contributed by atoms with Crippen LogP contribution < -0.4 is 17.3 Å². The summed E-state index contributed by atoms with van der Waals surface area (Å²) < 4.78 is 0. The number of carbonyl (C=O) groups excluding carboxylic acids is 1. The molecule has 0 saturated carbocycles. The molecular weight excluding hydrogens is 304 g/mol. The van der Waals surface area contributed by atoms with Crippen LogP contribution in [0, 0.1) is 0 Å². The maximum absolute atomic E-state index is 12.3. The highest BCUT2D eigenvalue weighted by molar-refractivity contribution is 7.12. The Morgan fingerprint density at radius 3 is 2.43 bits per heavy atom. The number of quaternary nitrogens is 1. The minimum absolute atomic E-state index is 0. The van der Waals surface area contributed by atoms with Crippen molar-refractivity contribution < 1.29 is 22.1 Å². The van der Waals surface area contributed by atoms with E-state index < -0.39 is 0 Å². The maximum Gasteiger partial charge on any atom is 0.264 e. The molecule has 1 aromatic carbocycles. The largest absolute Gasteiger partial charge is 1.00 e. The Kier molecular flexibility index (Phi) is 5.79. The summed E-state index contributed by atoms with van der Waals surface area (Å²) >= 11 is 1.53. The lowest BCUT2D eigenvalue weighted by Crippen LogP contribution is -3.13. The van der Waals surface area contributed by atoms with Gasteiger partial charge in [-0.05, 0) is 11.4 Å². The number of rotatable bonds is 3. The molecule has 0 aliphatic carbocycles. The van der Waals surface area contributed by atoms with Crippen molar-refractivity contribution in [3.63, 3.8) is 0 Å². The summed E-state index contributed by atoms with van der Waals surface area (Å²) in [6.07, 6.45) is 0. The van der Waals surface area contributed by atoms with E-state index in [1.54, 1.807) is 4.90 Å². The number of amides is 1. The molecule has 1 amide bonds. The van der Waals surface area contributed by atoms with Gasteiger partial charge in [0.05, 0.1) is 31.1 Å². The van der Waals surface area contributed by atoms with E-state index in [-0.39, 0.29) is 18.3 Å². The summed E-state index contributed by atoms with van der Waals surface area (Å²) in [7, 11) is 0. The van der Waals surface area contributed by atoms with Gasteiger partial charge in [-0.15, -0.1) is 11.3 Å². The zero-order valence-corrected chi connectivity index (χ0v) is 13.4. The standard InChI is InChI=1S/C16H18N2OS.ClH/c19-16(15-7-4-12-20-15)18-10-8-17(9-11-18)13-14-5-2-1-3-6-14;/h1-7,12H,8-11,13H2;1H. The summed E-state index contributed by atoms with van der Waals surface area (Å²) in [6.45, 7) is 4.84. The second-order valence-electron chi connectivity index (χ2n) is 5.18. The Balaban J connectivity index is 0.00000161. The fourth-order valence-electron chi connectivity index (χ4n) is 2.64. The van der Waals surface area contributed by atoms with E-state index in [0.29, 0.717) is 0 Å². The Morgan fingerprint density at radius 1 is 1.10 bits per heavy atom. The van der Waals surface area contributed by atoms with Crippen LogP contribution in [0.5, 0.6) is 0 Å². The molecule has 0 bridgehead atoms. The van der Waals surface area contributed by atoms with Crippen LogP contribution in [0.2, 0.25) is 0 Å². The van der Waals surface area contributed by atoms with Crippen molar-refractivity contribution in [2.45, 2.75) is 6.54 Å². The molecule has 2 heterocycles. The lowest BCUT2D eigenvalue weighted by molar-refractivity contribution is -0.917. The van der Waals surface area contributed by atoms with Gasteiger partial charge in [0.2, 0.25) is 0 Å². The first-order valence-corrected chi connectivity index (χ1v) is 7.91. The summed E-state index contributed by atoms with van der Waals surface area (Å²) in [5.74, 6) is 0.193. The average Bonchev–Trinajstić information content (AvgIpc) is 3.03. The molecule has 1 N–H and O–H groups in total. The first-order chi connectivity index (χ1) is 9.83. The molecule has 5 heteroatoms. The van der Waals surface area contributed by atoms with E-state index in [1.807, 2.05) is 22.4 Å². The number of nitrogens with one attached hydrogen (secondary N) is 1. The van der Waals surface area contributed by atoms with Crippen molar-refractivity contribution in [2.24, 2.45) is 0 Å². The molecule has 3 nitrogen and oxygen atoms in total. The number of halogens is 1. The monoisotopic (exact) mass is 322 g/mol. The number of piperazine rings is 1. The van der Waals surface area contributed by atoms with Crippen LogP contribution in [0.25, 0.3) is 0 Å². The van der Waals surface area contributed by atoms with E-state index in [0.717, 1.165) is 37.6 Å². The van der Waals surface area contributed by atoms with Crippen LogP contribution in [0.3, 0.4) is 0 Å². The number of hydrogen-bond acceptors (Lipinski definition) is 2. The van der Waals surface area contributed by atoms with Crippen molar-refractivity contribution in [1.29, 1.82) is 0 Å². The molecule has 21 heavy (non-hydrogen) atoms. The van der Waals surface area contributed by atoms with Gasteiger partial charge in [-0.25, -0.2) is 0 Å². The lowest BCUT2D eigenvalue weighted by atomic mass is 10.2. The molecule has 0 atom stereocenters. The number of benzene rings is 1. The Hall–Kier alpha value is -1.36. The Bertz CT molecular complexity index is 551. The van der Waals surface area contributed by atoms with Crippen LogP contribution in [0.4, 0.5) is 0 Å². The quantitative estimate of drug-likeness (QED) is 0.715. The van der Waals surface area contributed by atoms with Gasteiger partial charge in [0.15, 0.2) is 0 Å². The van der Waals surface area contributed by atoms with Gasteiger partial charge in [-0.1, -0.05) is 36.4 Å². The SMILES string of the molecule is O=C(c1cccs1)N1CC[NH+](Cc2ccccc2)CC1.[Cl-]. The highest BCUT2D eigenvalue weighted by atomic mass is 35.5. The van der Waals surface area contributed by atoms with Crippen LogP contribution in [-0.2, 0) is 6.54 Å². The van der Waals surface area contributed by atoms with Crippen LogP contribution in [0.1, 0.15) is 15.2 Å². The Morgan fingerprint density at radius 2 is 1.81 bits per heavy atom. The molecule has 0 radical (unpaired) electrons. The van der Waals surface area contributed by atoms with Gasteiger partial charge in [0, 0.05) is 5.56 Å². The van der Waals surface area contributed by atoms with E-state index in [1.165, 1.54) is 16.9 Å². The molecule has 1 saturated heterocycles. The third kappa shape index (κ3) is 4.06. The molecule has 1 aliphatic rings. The summed E-state index contributed by atoms with van der Waals surface area (Å²) in [4.78, 5) is 16.7. The number of thiophene rings is 1. The van der Waals surface area contributed by atoms with E-state index >= 15 is 0 Å². The fourth-order valence-corrected chi connectivity index (χ4v) is 3.33. The third-order valence-electron chi connectivity index (χ3n) is 3.79. The molecule has 1 fully saturated rings. The summed E-state index contributed by atoms with van der Waals surface area (Å²) in [6, 6.07) is 14.4. The number of carbonyl (C=O) groups is 1. The van der Waals surface area contributed by atoms with Crippen molar-refractivity contribution in [2.75, 3.05) is 26.2 Å². The highest BCUT2D eigenvalue weighted by Gasteiger charge is 2.24. The topological polar surface area (TPSA) is 24.8 Å².